The average Bonchev–Trinajstić information content (AvgIpc) is 1.48. The highest BCUT2D eigenvalue weighted by molar-refractivity contribution is 6.38. The Morgan fingerprint density at radius 1 is 0.392 bits per heavy atom. The molecule has 6 aromatic carbocycles. The first-order valence-electron chi connectivity index (χ1n) is 37.7. The molecule has 0 atom stereocenters. The van der Waals surface area contributed by atoms with Crippen molar-refractivity contribution in [3.63, 3.8) is 0 Å². The molecule has 8 aromatic rings. The first-order valence-corrected chi connectivity index (χ1v) is 40.7. The minimum Gasteiger partial charge on any atom is -0.478 e. The molecule has 32 nitrogen and oxygen atoms in total. The van der Waals surface area contributed by atoms with E-state index in [1.54, 1.807) is 118 Å². The summed E-state index contributed by atoms with van der Waals surface area (Å²) in [5, 5.41) is 37.9. The minimum absolute atomic E-state index is 0. The molecule has 41 heteroatoms. The van der Waals surface area contributed by atoms with Crippen molar-refractivity contribution in [3.8, 4) is 22.6 Å². The van der Waals surface area contributed by atoms with Gasteiger partial charge in [-0.15, -0.1) is 12.4 Å². The predicted octanol–water partition coefficient (Wildman–Crippen LogP) is 13.8. The van der Waals surface area contributed by atoms with Gasteiger partial charge >= 0.3 is 24.1 Å². The van der Waals surface area contributed by atoms with E-state index in [1.807, 2.05) is 60.7 Å². The molecule has 8 N–H and O–H groups in total. The van der Waals surface area contributed by atoms with Gasteiger partial charge in [-0.2, -0.15) is 0 Å². The summed E-state index contributed by atoms with van der Waals surface area (Å²) in [6, 6.07) is 40.0. The Balaban J connectivity index is 0.000000324. The molecule has 0 saturated carbocycles. The third-order valence-electron chi connectivity index (χ3n) is 17.6. The number of ether oxygens (including phenoxy) is 2. The lowest BCUT2D eigenvalue weighted by atomic mass is 10.1. The predicted molar refractivity (Wildman–Crippen MR) is 481 cm³/mol. The number of carbonyl (C=O) groups is 12. The first kappa shape index (κ1) is 107. The summed E-state index contributed by atoms with van der Waals surface area (Å²) in [6.45, 7) is 18.0. The van der Waals surface area contributed by atoms with Gasteiger partial charge in [-0.25, -0.2) is 19.2 Å². The lowest BCUT2D eigenvalue weighted by Gasteiger charge is -2.35. The molecule has 12 rings (SSSR count). The van der Waals surface area contributed by atoms with Crippen LogP contribution >= 0.6 is 105 Å². The molecular weight excluding hydrogens is 1810 g/mol. The Hall–Kier alpha value is -10.5. The van der Waals surface area contributed by atoms with Gasteiger partial charge in [-0.1, -0.05) is 179 Å². The zero-order valence-corrected chi connectivity index (χ0v) is 74.3. The van der Waals surface area contributed by atoms with Gasteiger partial charge in [0.1, 0.15) is 24.3 Å². The Labute approximate surface area is 769 Å². The molecule has 4 saturated heterocycles. The summed E-state index contributed by atoms with van der Waals surface area (Å²) in [4.78, 5) is 153. The summed E-state index contributed by atoms with van der Waals surface area (Å²) in [6.07, 6.45) is -1.19. The molecular formula is C84H99Cl9N14O18. The molecule has 10 amide bonds. The molecule has 4 aliphatic heterocycles. The van der Waals surface area contributed by atoms with Crippen molar-refractivity contribution in [2.75, 3.05) is 131 Å². The molecule has 0 aliphatic carbocycles. The third-order valence-corrected chi connectivity index (χ3v) is 19.9. The number of aromatic nitrogens is 2. The largest absolute Gasteiger partial charge is 0.478 e. The number of hydrogen-bond acceptors (Lipinski definition) is 20. The number of alkyl carbamates (subject to hydrolysis) is 2. The van der Waals surface area contributed by atoms with Crippen molar-refractivity contribution < 1.29 is 86.3 Å². The Kier molecular flexibility index (Phi) is 44.3. The monoisotopic (exact) mass is 1910 g/mol. The van der Waals surface area contributed by atoms with Crippen LogP contribution in [0.1, 0.15) is 119 Å². The van der Waals surface area contributed by atoms with Crippen LogP contribution in [0.2, 0.25) is 40.2 Å². The fourth-order valence-electron chi connectivity index (χ4n) is 11.4. The second-order valence-corrected chi connectivity index (χ2v) is 32.1. The van der Waals surface area contributed by atoms with E-state index >= 15 is 0 Å². The smallest absolute Gasteiger partial charge is 0.408 e. The highest BCUT2D eigenvalue weighted by Crippen LogP contribution is 2.28. The van der Waals surface area contributed by atoms with E-state index in [4.69, 9.17) is 127 Å². The van der Waals surface area contributed by atoms with Crippen LogP contribution in [0.5, 0.6) is 0 Å². The standard InChI is InChI=1S/C23H20Cl2N4O4.C18H23Cl2N3O4.C13H15Cl2N3O2.C11H21N3O3.C10H7NO3.C7H4Cl2O2.2CH4.ClH/c24-16-6-7-18(25)17(12-16)23(32)29-10-8-28(9-11-29)21(30)14-26-22(31)19-13-20(33-27-19)15-4-2-1-3-5-15;1-18(2,3)27-17(26)21-11-15(24)22-6-8-23(9-7-22)16(25)13-10-12(19)4-5-14(13)20;14-9-1-2-11(15)10(7-9)13(20)18-5-3-17(4-6-18)12(19)8-16;1-11(2,3)17-10(16)13-8-9(15)14-6-4-12-5-7-14;12-10(13)8-6-9(14-11-8)7-4-2-1-3-5-7;8-4-1-2-6(9)5(3-4)7(10)11;;;/h1-7,12-13H,8-11,14H2,(H,26,31);4-5,10H,6-9,11H2,1-3H3,(H,21,26);1-2,7H,3-6,8,16H2;12H,4-8H2,1-3H3,(H,13,16);1-6H,(H,12,13);1-3H,(H,10,11);2*1H4;1H. The number of amides is 10. The Bertz CT molecular complexity index is 4970. The van der Waals surface area contributed by atoms with Crippen molar-refractivity contribution in [2.45, 2.75) is 67.6 Å². The van der Waals surface area contributed by atoms with Gasteiger partial charge in [0, 0.05) is 148 Å². The van der Waals surface area contributed by atoms with E-state index in [0.717, 1.165) is 24.2 Å². The van der Waals surface area contributed by atoms with Crippen molar-refractivity contribution in [1.29, 1.82) is 0 Å². The van der Waals surface area contributed by atoms with Gasteiger partial charge in [0.15, 0.2) is 22.9 Å². The highest BCUT2D eigenvalue weighted by atomic mass is 35.5. The van der Waals surface area contributed by atoms with E-state index in [0.29, 0.717) is 155 Å². The molecule has 4 aliphatic rings. The van der Waals surface area contributed by atoms with Gasteiger partial charge in [0.05, 0.1) is 55.4 Å². The van der Waals surface area contributed by atoms with E-state index in [2.05, 4.69) is 31.6 Å². The quantitative estimate of drug-likeness (QED) is 0.0501. The number of rotatable bonds is 15. The molecule has 0 spiro atoms. The number of carboxylic acid groups (broad SMARTS) is 2. The number of halogens is 9. The van der Waals surface area contributed by atoms with E-state index in [9.17, 15) is 57.5 Å². The number of piperazine rings is 4. The molecule has 0 bridgehead atoms. The lowest BCUT2D eigenvalue weighted by molar-refractivity contribution is -0.132. The number of nitrogens with zero attached hydrogens (tertiary/aromatic N) is 9. The molecule has 0 radical (unpaired) electrons. The second kappa shape index (κ2) is 51.8. The molecule has 4 fully saturated rings. The maximum absolute atomic E-state index is 12.7. The molecule has 125 heavy (non-hydrogen) atoms. The third kappa shape index (κ3) is 35.1. The van der Waals surface area contributed by atoms with Crippen LogP contribution in [0.15, 0.2) is 155 Å². The van der Waals surface area contributed by atoms with Crippen molar-refractivity contribution in [1.82, 2.24) is 65.9 Å². The summed E-state index contributed by atoms with van der Waals surface area (Å²) >= 11 is 47.1. The first-order chi connectivity index (χ1) is 57.8. The normalized spacial score (nSPS) is 13.4. The molecule has 676 valence electrons. The zero-order chi connectivity index (χ0) is 89.5. The SMILES string of the molecule is C.C.CC(C)(C)OC(=O)NCC(=O)N1CCN(C(=O)c2cc(Cl)ccc2Cl)CC1.CC(C)(C)OC(=O)NCC(=O)N1CCNCC1.Cl.NCC(=O)N1CCN(C(=O)c2cc(Cl)ccc2Cl)CC1.O=C(NCC(=O)N1CCN(C(=O)c2cc(Cl)ccc2Cl)CC1)c1cc(-c2ccccc2)on1.O=C(O)c1cc(-c2ccccc2)on1.O=C(O)c1cc(Cl)ccc1Cl. The Morgan fingerprint density at radius 2 is 0.680 bits per heavy atom. The lowest BCUT2D eigenvalue weighted by Crippen LogP contribution is -2.52. The fraction of sp³-hybridized carbons (Fsp3) is 0.357. The number of carbonyl (C=O) groups excluding carboxylic acids is 10. The minimum atomic E-state index is -1.09. The summed E-state index contributed by atoms with van der Waals surface area (Å²) in [7, 11) is 0. The van der Waals surface area contributed by atoms with Crippen LogP contribution in [0.4, 0.5) is 9.59 Å². The maximum Gasteiger partial charge on any atom is 0.408 e. The number of benzene rings is 6. The van der Waals surface area contributed by atoms with E-state index in [-0.39, 0.29) is 117 Å². The second-order valence-electron chi connectivity index (χ2n) is 28.7. The number of nitrogens with two attached hydrogens (primary N) is 1. The van der Waals surface area contributed by atoms with Crippen LogP contribution in [-0.4, -0.2) is 268 Å². The van der Waals surface area contributed by atoms with Gasteiger partial charge in [-0.05, 0) is 114 Å². The van der Waals surface area contributed by atoms with Crippen LogP contribution in [0.3, 0.4) is 0 Å². The summed E-state index contributed by atoms with van der Waals surface area (Å²) in [5.41, 5.74) is 6.87. The highest BCUT2D eigenvalue weighted by Gasteiger charge is 2.31. The van der Waals surface area contributed by atoms with E-state index in [1.165, 1.54) is 42.5 Å². The van der Waals surface area contributed by atoms with Crippen LogP contribution in [-0.2, 0) is 28.7 Å². The van der Waals surface area contributed by atoms with Gasteiger partial charge in [-0.3, -0.25) is 38.4 Å². The maximum atomic E-state index is 12.7. The number of hydrogen-bond donors (Lipinski definition) is 7. The van der Waals surface area contributed by atoms with Crippen molar-refractivity contribution in [2.24, 2.45) is 5.73 Å². The average molecular weight is 1910 g/mol. The molecule has 0 unspecified atom stereocenters. The van der Waals surface area contributed by atoms with E-state index < -0.39 is 41.2 Å². The van der Waals surface area contributed by atoms with Gasteiger partial charge in [0.25, 0.3) is 23.6 Å². The van der Waals surface area contributed by atoms with Gasteiger partial charge in [0.2, 0.25) is 23.6 Å². The van der Waals surface area contributed by atoms with Gasteiger partial charge < -0.3 is 90.0 Å². The van der Waals surface area contributed by atoms with Crippen molar-refractivity contribution in [3.05, 3.63) is 219 Å². The van der Waals surface area contributed by atoms with Crippen molar-refractivity contribution >= 4 is 177 Å². The summed E-state index contributed by atoms with van der Waals surface area (Å²) < 4.78 is 20.2. The molecule has 6 heterocycles. The Morgan fingerprint density at radius 3 is 0.984 bits per heavy atom. The van der Waals surface area contributed by atoms with Crippen LogP contribution in [0, 0.1) is 0 Å². The van der Waals surface area contributed by atoms with Crippen LogP contribution in [0.25, 0.3) is 22.6 Å². The fourth-order valence-corrected chi connectivity index (χ4v) is 12.9. The number of nitrogens with one attached hydrogen (secondary N) is 4. The number of aromatic carboxylic acids is 2. The summed E-state index contributed by atoms with van der Waals surface area (Å²) in [5.74, 6) is -3.00. The topological polar surface area (TPSA) is 413 Å². The van der Waals surface area contributed by atoms with Crippen LogP contribution < -0.4 is 27.0 Å². The molecule has 2 aromatic heterocycles. The number of carboxylic acids is 2. The zero-order valence-electron chi connectivity index (χ0n) is 67.5.